The molecule has 1 atom stereocenters. The summed E-state index contributed by atoms with van der Waals surface area (Å²) in [5, 5.41) is 0. The fraction of sp³-hybridized carbons (Fsp3) is 0.417. The monoisotopic (exact) mass is 225 g/mol. The van der Waals surface area contributed by atoms with Gasteiger partial charge in [0, 0.05) is 5.92 Å². The van der Waals surface area contributed by atoms with Crippen molar-refractivity contribution in [3.8, 4) is 0 Å². The Kier molecular flexibility index (Phi) is 4.43. The number of hydrogen-bond donors (Lipinski definition) is 1. The number of ether oxygens (including phenoxy) is 1. The molecule has 1 aromatic rings. The molecule has 0 heterocycles. The minimum Gasteiger partial charge on any atom is -0.469 e. The molecule has 0 amide bonds. The number of esters is 1. The third kappa shape index (κ3) is 2.79. The molecule has 0 saturated heterocycles. The average Bonchev–Trinajstić information content (AvgIpc) is 2.27. The van der Waals surface area contributed by atoms with Gasteiger partial charge in [0.15, 0.2) is 0 Å². The van der Waals surface area contributed by atoms with Crippen LogP contribution in [-0.2, 0) is 9.53 Å². The Balaban J connectivity index is 2.99. The van der Waals surface area contributed by atoms with Crippen LogP contribution in [0.15, 0.2) is 18.2 Å². The Bertz CT molecular complexity index is 359. The van der Waals surface area contributed by atoms with Crippen molar-refractivity contribution in [1.82, 2.24) is 0 Å². The van der Waals surface area contributed by atoms with Crippen molar-refractivity contribution in [3.05, 3.63) is 35.1 Å². The van der Waals surface area contributed by atoms with Gasteiger partial charge in [0.05, 0.1) is 13.5 Å². The van der Waals surface area contributed by atoms with E-state index in [1.807, 2.05) is 0 Å². The lowest BCUT2D eigenvalue weighted by molar-refractivity contribution is -0.141. The zero-order valence-corrected chi connectivity index (χ0v) is 9.50. The Hall–Kier alpha value is -1.42. The van der Waals surface area contributed by atoms with E-state index in [2.05, 4.69) is 4.74 Å². The van der Waals surface area contributed by atoms with E-state index in [1.54, 1.807) is 19.1 Å². The maximum absolute atomic E-state index is 13.6. The second kappa shape index (κ2) is 5.61. The first-order chi connectivity index (χ1) is 7.60. The van der Waals surface area contributed by atoms with Crippen LogP contribution in [0.5, 0.6) is 0 Å². The highest BCUT2D eigenvalue weighted by molar-refractivity contribution is 5.70. The molecule has 88 valence electrons. The second-order valence-electron chi connectivity index (χ2n) is 3.68. The van der Waals surface area contributed by atoms with Gasteiger partial charge in [-0.1, -0.05) is 12.1 Å². The number of carbonyl (C=O) groups excluding carboxylic acids is 1. The lowest BCUT2D eigenvalue weighted by Crippen LogP contribution is -2.19. The first kappa shape index (κ1) is 12.6. The molecular weight excluding hydrogens is 209 g/mol. The summed E-state index contributed by atoms with van der Waals surface area (Å²) in [6.07, 6.45) is 0.106. The topological polar surface area (TPSA) is 52.3 Å². The van der Waals surface area contributed by atoms with Crippen molar-refractivity contribution < 1.29 is 13.9 Å². The highest BCUT2D eigenvalue weighted by atomic mass is 19.1. The lowest BCUT2D eigenvalue weighted by Gasteiger charge is -2.17. The van der Waals surface area contributed by atoms with Crippen LogP contribution in [0.3, 0.4) is 0 Å². The standard InChI is InChI=1S/C12H16FNO2/c1-8-4-3-5-10(13)12(8)9(7-14)6-11(15)16-2/h3-5,9H,6-7,14H2,1-2H3. The van der Waals surface area contributed by atoms with Gasteiger partial charge in [0.1, 0.15) is 5.82 Å². The first-order valence-corrected chi connectivity index (χ1v) is 5.12. The smallest absolute Gasteiger partial charge is 0.306 e. The number of methoxy groups -OCH3 is 1. The molecule has 0 bridgehead atoms. The highest BCUT2D eigenvalue weighted by Gasteiger charge is 2.20. The second-order valence-corrected chi connectivity index (χ2v) is 3.68. The summed E-state index contributed by atoms with van der Waals surface area (Å²) in [5.41, 5.74) is 6.89. The van der Waals surface area contributed by atoms with Crippen LogP contribution in [0.25, 0.3) is 0 Å². The van der Waals surface area contributed by atoms with Crippen molar-refractivity contribution in [2.45, 2.75) is 19.3 Å². The molecule has 1 unspecified atom stereocenters. The molecule has 1 aromatic carbocycles. The predicted octanol–water partition coefficient (Wildman–Crippen LogP) is 1.74. The zero-order valence-electron chi connectivity index (χ0n) is 9.50. The minimum atomic E-state index is -0.377. The molecular formula is C12H16FNO2. The van der Waals surface area contributed by atoms with E-state index >= 15 is 0 Å². The Morgan fingerprint density at radius 1 is 1.56 bits per heavy atom. The normalized spacial score (nSPS) is 12.2. The van der Waals surface area contributed by atoms with E-state index in [4.69, 9.17) is 5.73 Å². The Labute approximate surface area is 94.4 Å². The number of hydrogen-bond acceptors (Lipinski definition) is 3. The van der Waals surface area contributed by atoms with E-state index in [1.165, 1.54) is 13.2 Å². The SMILES string of the molecule is COC(=O)CC(CN)c1c(C)cccc1F. The molecule has 2 N–H and O–H groups in total. The van der Waals surface area contributed by atoms with Gasteiger partial charge < -0.3 is 10.5 Å². The van der Waals surface area contributed by atoms with Crippen LogP contribution in [0, 0.1) is 12.7 Å². The summed E-state index contributed by atoms with van der Waals surface area (Å²) in [7, 11) is 1.31. The van der Waals surface area contributed by atoms with E-state index in [0.717, 1.165) is 5.56 Å². The maximum atomic E-state index is 13.6. The van der Waals surface area contributed by atoms with E-state index in [9.17, 15) is 9.18 Å². The van der Waals surface area contributed by atoms with Gasteiger partial charge in [-0.2, -0.15) is 0 Å². The number of carbonyl (C=O) groups is 1. The largest absolute Gasteiger partial charge is 0.469 e. The predicted molar refractivity (Wildman–Crippen MR) is 59.6 cm³/mol. The third-order valence-electron chi connectivity index (χ3n) is 2.60. The summed E-state index contributed by atoms with van der Waals surface area (Å²) >= 11 is 0. The van der Waals surface area contributed by atoms with Crippen molar-refractivity contribution in [2.24, 2.45) is 5.73 Å². The van der Waals surface area contributed by atoms with Crippen molar-refractivity contribution in [2.75, 3.05) is 13.7 Å². The lowest BCUT2D eigenvalue weighted by atomic mass is 9.91. The highest BCUT2D eigenvalue weighted by Crippen LogP contribution is 2.25. The van der Waals surface area contributed by atoms with Gasteiger partial charge in [-0.15, -0.1) is 0 Å². The van der Waals surface area contributed by atoms with Gasteiger partial charge in [0.25, 0.3) is 0 Å². The number of rotatable bonds is 4. The summed E-state index contributed by atoms with van der Waals surface area (Å²) in [6, 6.07) is 4.82. The molecule has 0 aliphatic carbocycles. The third-order valence-corrected chi connectivity index (χ3v) is 2.60. The molecule has 3 nitrogen and oxygen atoms in total. The first-order valence-electron chi connectivity index (χ1n) is 5.12. The van der Waals surface area contributed by atoms with E-state index in [-0.39, 0.29) is 30.7 Å². The Morgan fingerprint density at radius 2 is 2.25 bits per heavy atom. The van der Waals surface area contributed by atoms with Gasteiger partial charge in [0.2, 0.25) is 0 Å². The molecule has 0 saturated carbocycles. The van der Waals surface area contributed by atoms with Crippen LogP contribution in [0.1, 0.15) is 23.5 Å². The van der Waals surface area contributed by atoms with Crippen LogP contribution >= 0.6 is 0 Å². The van der Waals surface area contributed by atoms with Gasteiger partial charge in [-0.3, -0.25) is 4.79 Å². The quantitative estimate of drug-likeness (QED) is 0.794. The number of nitrogens with two attached hydrogens (primary N) is 1. The van der Waals surface area contributed by atoms with E-state index < -0.39 is 0 Å². The van der Waals surface area contributed by atoms with Crippen LogP contribution in [0.2, 0.25) is 0 Å². The summed E-state index contributed by atoms with van der Waals surface area (Å²) in [4.78, 5) is 11.2. The van der Waals surface area contributed by atoms with Gasteiger partial charge >= 0.3 is 5.97 Å². The number of halogens is 1. The summed E-state index contributed by atoms with van der Waals surface area (Å²) in [5.74, 6) is -1.02. The molecule has 0 aliphatic rings. The zero-order chi connectivity index (χ0) is 12.1. The molecule has 0 spiro atoms. The van der Waals surface area contributed by atoms with Crippen molar-refractivity contribution >= 4 is 5.97 Å². The number of benzene rings is 1. The van der Waals surface area contributed by atoms with Crippen molar-refractivity contribution in [1.29, 1.82) is 0 Å². The molecule has 16 heavy (non-hydrogen) atoms. The van der Waals surface area contributed by atoms with Crippen LogP contribution in [-0.4, -0.2) is 19.6 Å². The molecule has 0 aromatic heterocycles. The Morgan fingerprint density at radius 3 is 2.75 bits per heavy atom. The fourth-order valence-corrected chi connectivity index (χ4v) is 1.75. The van der Waals surface area contributed by atoms with Crippen LogP contribution in [0.4, 0.5) is 4.39 Å². The average molecular weight is 225 g/mol. The van der Waals surface area contributed by atoms with Gasteiger partial charge in [-0.25, -0.2) is 4.39 Å². The van der Waals surface area contributed by atoms with Gasteiger partial charge in [-0.05, 0) is 30.7 Å². The molecule has 0 radical (unpaired) electrons. The summed E-state index contributed by atoms with van der Waals surface area (Å²) in [6.45, 7) is 2.02. The molecule has 0 fully saturated rings. The van der Waals surface area contributed by atoms with Crippen LogP contribution < -0.4 is 5.73 Å². The molecule has 1 rings (SSSR count). The molecule has 0 aliphatic heterocycles. The minimum absolute atomic E-state index is 0.106. The van der Waals surface area contributed by atoms with Crippen molar-refractivity contribution in [3.63, 3.8) is 0 Å². The fourth-order valence-electron chi connectivity index (χ4n) is 1.75. The van der Waals surface area contributed by atoms with E-state index in [0.29, 0.717) is 5.56 Å². The summed E-state index contributed by atoms with van der Waals surface area (Å²) < 4.78 is 18.2. The number of aryl methyl sites for hydroxylation is 1. The maximum Gasteiger partial charge on any atom is 0.306 e. The molecule has 4 heteroatoms.